The van der Waals surface area contributed by atoms with Crippen molar-refractivity contribution < 1.29 is 9.53 Å². The zero-order valence-electron chi connectivity index (χ0n) is 18.8. The molecule has 1 amide bonds. The second-order valence-electron chi connectivity index (χ2n) is 8.67. The highest BCUT2D eigenvalue weighted by atomic mass is 32.2. The van der Waals surface area contributed by atoms with E-state index >= 15 is 0 Å². The molecule has 2 aromatic rings. The van der Waals surface area contributed by atoms with E-state index in [4.69, 9.17) is 4.74 Å². The number of aromatic nitrogens is 3. The van der Waals surface area contributed by atoms with Gasteiger partial charge in [-0.05, 0) is 48.8 Å². The molecule has 0 spiro atoms. The van der Waals surface area contributed by atoms with Gasteiger partial charge in [-0.25, -0.2) is 0 Å². The summed E-state index contributed by atoms with van der Waals surface area (Å²) < 4.78 is 7.99. The Labute approximate surface area is 184 Å². The smallest absolute Gasteiger partial charge is 0.230 e. The van der Waals surface area contributed by atoms with E-state index in [0.717, 1.165) is 23.2 Å². The quantitative estimate of drug-likeness (QED) is 0.619. The molecule has 0 radical (unpaired) electrons. The summed E-state index contributed by atoms with van der Waals surface area (Å²) in [5.41, 5.74) is 2.35. The summed E-state index contributed by atoms with van der Waals surface area (Å²) in [4.78, 5) is 12.4. The Kier molecular flexibility index (Phi) is 7.81. The SMILES string of the molecule is Cc1ccc(C(C)C)c(OCc2nnc(SCC(=O)N[C@@H]3CCCC[C@H]3C)n2C)c1. The van der Waals surface area contributed by atoms with E-state index < -0.39 is 0 Å². The van der Waals surface area contributed by atoms with Crippen LogP contribution in [0.4, 0.5) is 0 Å². The first-order valence-electron chi connectivity index (χ1n) is 10.9. The first-order chi connectivity index (χ1) is 14.3. The Morgan fingerprint density at radius 3 is 2.80 bits per heavy atom. The lowest BCUT2D eigenvalue weighted by molar-refractivity contribution is -0.119. The van der Waals surface area contributed by atoms with Crippen molar-refractivity contribution >= 4 is 17.7 Å². The number of nitrogens with zero attached hydrogens (tertiary/aromatic N) is 3. The van der Waals surface area contributed by atoms with Gasteiger partial charge >= 0.3 is 0 Å². The van der Waals surface area contributed by atoms with Crippen molar-refractivity contribution in [1.82, 2.24) is 20.1 Å². The number of hydrogen-bond donors (Lipinski definition) is 1. The number of aryl methyl sites for hydroxylation is 1. The van der Waals surface area contributed by atoms with Gasteiger partial charge in [-0.2, -0.15) is 0 Å². The first-order valence-corrected chi connectivity index (χ1v) is 11.9. The Balaban J connectivity index is 1.55. The third-order valence-electron chi connectivity index (χ3n) is 5.86. The van der Waals surface area contributed by atoms with Gasteiger partial charge in [0, 0.05) is 13.1 Å². The molecule has 1 saturated carbocycles. The number of carbonyl (C=O) groups is 1. The first kappa shape index (κ1) is 22.7. The van der Waals surface area contributed by atoms with E-state index in [2.05, 4.69) is 61.4 Å². The van der Waals surface area contributed by atoms with Gasteiger partial charge in [-0.1, -0.05) is 57.5 Å². The van der Waals surface area contributed by atoms with Crippen molar-refractivity contribution in [3.05, 3.63) is 35.2 Å². The molecule has 164 valence electrons. The number of nitrogens with one attached hydrogen (secondary N) is 1. The van der Waals surface area contributed by atoms with Gasteiger partial charge in [-0.3, -0.25) is 4.79 Å². The summed E-state index contributed by atoms with van der Waals surface area (Å²) >= 11 is 1.42. The van der Waals surface area contributed by atoms with Crippen molar-refractivity contribution in [2.45, 2.75) is 77.1 Å². The minimum absolute atomic E-state index is 0.0703. The molecule has 0 unspecified atom stereocenters. The van der Waals surface area contributed by atoms with E-state index in [0.29, 0.717) is 30.2 Å². The highest BCUT2D eigenvalue weighted by Crippen LogP contribution is 2.28. The van der Waals surface area contributed by atoms with Crippen molar-refractivity contribution in [3.8, 4) is 5.75 Å². The fraction of sp³-hybridized carbons (Fsp3) is 0.609. The van der Waals surface area contributed by atoms with E-state index in [1.165, 1.54) is 42.2 Å². The minimum atomic E-state index is 0.0703. The van der Waals surface area contributed by atoms with Crippen molar-refractivity contribution in [3.63, 3.8) is 0 Å². The van der Waals surface area contributed by atoms with Crippen molar-refractivity contribution in [2.75, 3.05) is 5.75 Å². The zero-order chi connectivity index (χ0) is 21.7. The second-order valence-corrected chi connectivity index (χ2v) is 9.61. The fourth-order valence-corrected chi connectivity index (χ4v) is 4.63. The molecule has 6 nitrogen and oxygen atoms in total. The van der Waals surface area contributed by atoms with Crippen molar-refractivity contribution in [2.24, 2.45) is 13.0 Å². The molecule has 0 saturated heterocycles. The topological polar surface area (TPSA) is 69.0 Å². The Hall–Kier alpha value is -2.02. The molecular weight excluding hydrogens is 396 g/mol. The van der Waals surface area contributed by atoms with Crippen LogP contribution in [0.1, 0.15) is 69.3 Å². The van der Waals surface area contributed by atoms with Crippen LogP contribution in [0.3, 0.4) is 0 Å². The van der Waals surface area contributed by atoms with Crippen LogP contribution < -0.4 is 10.1 Å². The average Bonchev–Trinajstić information content (AvgIpc) is 3.06. The Bertz CT molecular complexity index is 865. The molecule has 1 aliphatic carbocycles. The van der Waals surface area contributed by atoms with Gasteiger partial charge in [0.2, 0.25) is 5.91 Å². The summed E-state index contributed by atoms with van der Waals surface area (Å²) in [7, 11) is 1.92. The van der Waals surface area contributed by atoms with Crippen LogP contribution in [-0.4, -0.2) is 32.5 Å². The number of rotatable bonds is 8. The molecule has 3 rings (SSSR count). The van der Waals surface area contributed by atoms with Gasteiger partial charge in [0.05, 0.1) is 5.75 Å². The average molecular weight is 431 g/mol. The third kappa shape index (κ3) is 5.78. The summed E-state index contributed by atoms with van der Waals surface area (Å²) in [6.45, 7) is 8.96. The summed E-state index contributed by atoms with van der Waals surface area (Å²) in [6, 6.07) is 6.61. The highest BCUT2D eigenvalue weighted by Gasteiger charge is 2.23. The molecule has 30 heavy (non-hydrogen) atoms. The normalized spacial score (nSPS) is 19.1. The number of benzene rings is 1. The van der Waals surface area contributed by atoms with Gasteiger partial charge in [0.15, 0.2) is 11.0 Å². The van der Waals surface area contributed by atoms with Gasteiger partial charge in [0.1, 0.15) is 12.4 Å². The predicted molar refractivity (Wildman–Crippen MR) is 121 cm³/mol. The van der Waals surface area contributed by atoms with E-state index in [9.17, 15) is 4.79 Å². The van der Waals surface area contributed by atoms with Crippen LogP contribution in [0.15, 0.2) is 23.4 Å². The Morgan fingerprint density at radius 2 is 2.07 bits per heavy atom. The second kappa shape index (κ2) is 10.3. The molecule has 1 aliphatic rings. The number of amides is 1. The molecule has 1 heterocycles. The van der Waals surface area contributed by atoms with Crippen LogP contribution in [-0.2, 0) is 18.4 Å². The van der Waals surface area contributed by atoms with Crippen LogP contribution in [0, 0.1) is 12.8 Å². The molecular formula is C23H34N4O2S. The van der Waals surface area contributed by atoms with E-state index in [1.807, 2.05) is 11.6 Å². The van der Waals surface area contributed by atoms with Crippen LogP contribution in [0.5, 0.6) is 5.75 Å². The largest absolute Gasteiger partial charge is 0.485 e. The van der Waals surface area contributed by atoms with Gasteiger partial charge in [-0.15, -0.1) is 10.2 Å². The molecule has 1 N–H and O–H groups in total. The Morgan fingerprint density at radius 1 is 1.30 bits per heavy atom. The van der Waals surface area contributed by atoms with Crippen LogP contribution in [0.2, 0.25) is 0 Å². The predicted octanol–water partition coefficient (Wildman–Crippen LogP) is 4.61. The maximum absolute atomic E-state index is 12.4. The highest BCUT2D eigenvalue weighted by molar-refractivity contribution is 7.99. The summed E-state index contributed by atoms with van der Waals surface area (Å²) in [5, 5.41) is 12.4. The van der Waals surface area contributed by atoms with Crippen LogP contribution in [0.25, 0.3) is 0 Å². The number of thioether (sulfide) groups is 1. The van der Waals surface area contributed by atoms with E-state index in [-0.39, 0.29) is 5.91 Å². The summed E-state index contributed by atoms with van der Waals surface area (Å²) in [6.07, 6.45) is 4.76. The third-order valence-corrected chi connectivity index (χ3v) is 6.88. The lowest BCUT2D eigenvalue weighted by atomic mass is 9.86. The molecule has 2 atom stereocenters. The van der Waals surface area contributed by atoms with Gasteiger partial charge in [0.25, 0.3) is 0 Å². The zero-order valence-corrected chi connectivity index (χ0v) is 19.6. The maximum Gasteiger partial charge on any atom is 0.230 e. The number of hydrogen-bond acceptors (Lipinski definition) is 5. The molecule has 0 bridgehead atoms. The maximum atomic E-state index is 12.4. The fourth-order valence-electron chi connectivity index (χ4n) is 3.89. The lowest BCUT2D eigenvalue weighted by Gasteiger charge is -2.29. The monoisotopic (exact) mass is 430 g/mol. The lowest BCUT2D eigenvalue weighted by Crippen LogP contribution is -2.41. The summed E-state index contributed by atoms with van der Waals surface area (Å²) in [5.74, 6) is 3.00. The molecule has 7 heteroatoms. The van der Waals surface area contributed by atoms with E-state index in [1.54, 1.807) is 0 Å². The van der Waals surface area contributed by atoms with Crippen LogP contribution >= 0.6 is 11.8 Å². The molecule has 1 aromatic carbocycles. The molecule has 1 fully saturated rings. The standard InChI is InChI=1S/C23H34N4O2S/c1-15(2)18-11-10-16(3)12-20(18)29-13-21-25-26-23(27(21)5)30-14-22(28)24-19-9-7-6-8-17(19)4/h10-12,15,17,19H,6-9,13-14H2,1-5H3,(H,24,28)/t17-,19-/m1/s1. The number of carbonyl (C=O) groups excluding carboxylic acids is 1. The number of ether oxygens (including phenoxy) is 1. The van der Waals surface area contributed by atoms with Gasteiger partial charge < -0.3 is 14.6 Å². The minimum Gasteiger partial charge on any atom is -0.485 e. The molecule has 0 aliphatic heterocycles. The van der Waals surface area contributed by atoms with Crippen molar-refractivity contribution in [1.29, 1.82) is 0 Å². The molecule has 1 aromatic heterocycles.